The molecule has 0 aromatic heterocycles. The van der Waals surface area contributed by atoms with Crippen LogP contribution in [0.1, 0.15) is 32.6 Å². The molecule has 1 heterocycles. The van der Waals surface area contributed by atoms with Crippen molar-refractivity contribution in [2.24, 2.45) is 0 Å². The molecule has 0 radical (unpaired) electrons. The van der Waals surface area contributed by atoms with Gasteiger partial charge in [-0.3, -0.25) is 0 Å². The molecule has 0 aliphatic carbocycles. The second-order valence-electron chi connectivity index (χ2n) is 2.97. The largest absolute Gasteiger partial charge is 0.463 e. The molecule has 0 spiro atoms. The third kappa shape index (κ3) is 3.21. The zero-order valence-corrected chi connectivity index (χ0v) is 6.93. The lowest BCUT2D eigenvalue weighted by atomic mass is 10.1. The first-order valence-corrected chi connectivity index (χ1v) is 4.13. The highest BCUT2D eigenvalue weighted by atomic mass is 16.5. The second kappa shape index (κ2) is 4.16. The van der Waals surface area contributed by atoms with Gasteiger partial charge >= 0.3 is 5.97 Å². The molecule has 0 amide bonds. The molecule has 0 unspecified atom stereocenters. The Balaban J connectivity index is 2.50. The van der Waals surface area contributed by atoms with Gasteiger partial charge in [0.25, 0.3) is 0 Å². The minimum atomic E-state index is -0.176. The van der Waals surface area contributed by atoms with E-state index in [1.54, 1.807) is 6.08 Å². The van der Waals surface area contributed by atoms with E-state index >= 15 is 0 Å². The van der Waals surface area contributed by atoms with Gasteiger partial charge in [-0.15, -0.1) is 0 Å². The lowest BCUT2D eigenvalue weighted by Gasteiger charge is -1.97. The molecule has 1 aliphatic rings. The van der Waals surface area contributed by atoms with Crippen LogP contribution in [0.15, 0.2) is 11.6 Å². The smallest absolute Gasteiger partial charge is 0.330 e. The molecule has 0 saturated heterocycles. The van der Waals surface area contributed by atoms with Gasteiger partial charge in [-0.1, -0.05) is 5.57 Å². The third-order valence-electron chi connectivity index (χ3n) is 1.82. The van der Waals surface area contributed by atoms with Gasteiger partial charge in [0.1, 0.15) is 0 Å². The number of esters is 1. The number of ether oxygens (including phenoxy) is 1. The summed E-state index contributed by atoms with van der Waals surface area (Å²) in [6.45, 7) is 2.56. The van der Waals surface area contributed by atoms with E-state index in [1.165, 1.54) is 12.8 Å². The first kappa shape index (κ1) is 8.31. The van der Waals surface area contributed by atoms with Crippen molar-refractivity contribution in [1.29, 1.82) is 0 Å². The van der Waals surface area contributed by atoms with Crippen molar-refractivity contribution in [2.45, 2.75) is 32.6 Å². The van der Waals surface area contributed by atoms with Gasteiger partial charge in [0.15, 0.2) is 0 Å². The van der Waals surface area contributed by atoms with Crippen molar-refractivity contribution in [3.8, 4) is 0 Å². The van der Waals surface area contributed by atoms with E-state index in [0.717, 1.165) is 18.4 Å². The van der Waals surface area contributed by atoms with Gasteiger partial charge in [0.05, 0.1) is 6.61 Å². The maximum Gasteiger partial charge on any atom is 0.330 e. The maximum atomic E-state index is 10.9. The molecule has 0 atom stereocenters. The summed E-state index contributed by atoms with van der Waals surface area (Å²) in [6.07, 6.45) is 5.99. The highest BCUT2D eigenvalue weighted by Crippen LogP contribution is 2.10. The SMILES string of the molecule is C/C1=C/C(=O)OCCCCC1. The topological polar surface area (TPSA) is 26.3 Å². The summed E-state index contributed by atoms with van der Waals surface area (Å²) < 4.78 is 4.92. The Morgan fingerprint density at radius 3 is 3.00 bits per heavy atom. The lowest BCUT2D eigenvalue weighted by Crippen LogP contribution is -2.01. The van der Waals surface area contributed by atoms with E-state index in [4.69, 9.17) is 4.74 Å². The summed E-state index contributed by atoms with van der Waals surface area (Å²) in [6, 6.07) is 0. The number of carbonyl (C=O) groups is 1. The molecule has 1 rings (SSSR count). The molecule has 0 bridgehead atoms. The van der Waals surface area contributed by atoms with Crippen LogP contribution in [-0.2, 0) is 9.53 Å². The predicted molar refractivity (Wildman–Crippen MR) is 43.2 cm³/mol. The minimum Gasteiger partial charge on any atom is -0.463 e. The van der Waals surface area contributed by atoms with Crippen molar-refractivity contribution in [3.63, 3.8) is 0 Å². The second-order valence-corrected chi connectivity index (χ2v) is 2.97. The van der Waals surface area contributed by atoms with Crippen molar-refractivity contribution in [3.05, 3.63) is 11.6 Å². The Kier molecular flexibility index (Phi) is 3.14. The number of hydrogen-bond acceptors (Lipinski definition) is 2. The van der Waals surface area contributed by atoms with Crippen LogP contribution in [0, 0.1) is 0 Å². The molecule has 62 valence electrons. The van der Waals surface area contributed by atoms with Crippen molar-refractivity contribution >= 4 is 5.97 Å². The van der Waals surface area contributed by atoms with Gasteiger partial charge in [0.2, 0.25) is 0 Å². The standard InChI is InChI=1S/C9H14O2/c1-8-5-3-2-4-6-11-9(10)7-8/h7H,2-6H2,1H3/b8-7-. The Labute approximate surface area is 67.2 Å². The third-order valence-corrected chi connectivity index (χ3v) is 1.82. The molecule has 2 nitrogen and oxygen atoms in total. The highest BCUT2D eigenvalue weighted by Gasteiger charge is 2.02. The van der Waals surface area contributed by atoms with Gasteiger partial charge < -0.3 is 4.74 Å². The average Bonchev–Trinajstić information content (AvgIpc) is 2.02. The zero-order chi connectivity index (χ0) is 8.10. The lowest BCUT2D eigenvalue weighted by molar-refractivity contribution is -0.137. The van der Waals surface area contributed by atoms with E-state index in [1.807, 2.05) is 6.92 Å². The van der Waals surface area contributed by atoms with E-state index in [2.05, 4.69) is 0 Å². The number of hydrogen-bond donors (Lipinski definition) is 0. The minimum absolute atomic E-state index is 0.176. The van der Waals surface area contributed by atoms with Crippen LogP contribution in [-0.4, -0.2) is 12.6 Å². The number of cyclic esters (lactones) is 1. The fraction of sp³-hybridized carbons (Fsp3) is 0.667. The number of allylic oxidation sites excluding steroid dienone is 1. The normalized spacial score (nSPS) is 25.5. The van der Waals surface area contributed by atoms with Crippen molar-refractivity contribution in [2.75, 3.05) is 6.61 Å². The van der Waals surface area contributed by atoms with Crippen LogP contribution in [0.4, 0.5) is 0 Å². The summed E-state index contributed by atoms with van der Waals surface area (Å²) in [5.41, 5.74) is 1.14. The van der Waals surface area contributed by atoms with Crippen LogP contribution in [0.2, 0.25) is 0 Å². The maximum absolute atomic E-state index is 10.9. The Morgan fingerprint density at radius 2 is 2.18 bits per heavy atom. The molecule has 0 N–H and O–H groups in total. The molecule has 0 fully saturated rings. The Bertz CT molecular complexity index is 170. The van der Waals surface area contributed by atoms with Gasteiger partial charge in [-0.05, 0) is 32.6 Å². The summed E-state index contributed by atoms with van der Waals surface area (Å²) >= 11 is 0. The fourth-order valence-electron chi connectivity index (χ4n) is 1.17. The van der Waals surface area contributed by atoms with Crippen molar-refractivity contribution in [1.82, 2.24) is 0 Å². The monoisotopic (exact) mass is 154 g/mol. The fourth-order valence-corrected chi connectivity index (χ4v) is 1.17. The molecule has 0 aromatic carbocycles. The molecular formula is C9H14O2. The molecule has 11 heavy (non-hydrogen) atoms. The molecule has 0 saturated carbocycles. The van der Waals surface area contributed by atoms with E-state index < -0.39 is 0 Å². The van der Waals surface area contributed by atoms with E-state index in [0.29, 0.717) is 6.61 Å². The van der Waals surface area contributed by atoms with E-state index in [9.17, 15) is 4.79 Å². The van der Waals surface area contributed by atoms with Crippen LogP contribution < -0.4 is 0 Å². The zero-order valence-electron chi connectivity index (χ0n) is 6.93. The van der Waals surface area contributed by atoms with Crippen molar-refractivity contribution < 1.29 is 9.53 Å². The quantitative estimate of drug-likeness (QED) is 0.499. The summed E-state index contributed by atoms with van der Waals surface area (Å²) in [7, 11) is 0. The van der Waals surface area contributed by atoms with Crippen LogP contribution >= 0.6 is 0 Å². The summed E-state index contributed by atoms with van der Waals surface area (Å²) in [5.74, 6) is -0.176. The van der Waals surface area contributed by atoms with Crippen LogP contribution in [0.25, 0.3) is 0 Å². The summed E-state index contributed by atoms with van der Waals surface area (Å²) in [4.78, 5) is 10.9. The van der Waals surface area contributed by atoms with Crippen LogP contribution in [0.5, 0.6) is 0 Å². The Morgan fingerprint density at radius 1 is 1.36 bits per heavy atom. The predicted octanol–water partition coefficient (Wildman–Crippen LogP) is 2.05. The first-order chi connectivity index (χ1) is 5.29. The first-order valence-electron chi connectivity index (χ1n) is 4.13. The van der Waals surface area contributed by atoms with Gasteiger partial charge in [-0.2, -0.15) is 0 Å². The van der Waals surface area contributed by atoms with Gasteiger partial charge in [-0.25, -0.2) is 4.79 Å². The average molecular weight is 154 g/mol. The van der Waals surface area contributed by atoms with E-state index in [-0.39, 0.29) is 5.97 Å². The number of rotatable bonds is 0. The molecular weight excluding hydrogens is 140 g/mol. The Hall–Kier alpha value is -0.790. The van der Waals surface area contributed by atoms with Gasteiger partial charge in [0, 0.05) is 6.08 Å². The highest BCUT2D eigenvalue weighted by molar-refractivity contribution is 5.82. The summed E-state index contributed by atoms with van der Waals surface area (Å²) in [5, 5.41) is 0. The molecule has 0 aromatic rings. The number of carbonyl (C=O) groups excluding carboxylic acids is 1. The molecule has 1 aliphatic heterocycles. The van der Waals surface area contributed by atoms with Crippen LogP contribution in [0.3, 0.4) is 0 Å². The molecule has 2 heteroatoms.